The Labute approximate surface area is 329 Å². The molecule has 5 N–H and O–H groups in total. The number of nitrogens with two attached hydrogens (primary N) is 1. The monoisotopic (exact) mass is 780 g/mol. The van der Waals surface area contributed by atoms with E-state index >= 15 is 0 Å². The van der Waals surface area contributed by atoms with Crippen LogP contribution in [0, 0.1) is 11.3 Å². The Bertz CT molecular complexity index is 1590. The highest BCUT2D eigenvalue weighted by Crippen LogP contribution is 2.44. The Morgan fingerprint density at radius 1 is 1.04 bits per heavy atom. The van der Waals surface area contributed by atoms with Crippen LogP contribution >= 0.6 is 21.6 Å². The Balaban J connectivity index is 1.28. The molecule has 2 aromatic carbocycles. The fraction of sp³-hybridized carbons (Fsp3) is 0.643. The van der Waals surface area contributed by atoms with E-state index in [0.29, 0.717) is 68.3 Å². The minimum Gasteiger partial charge on any atom is -0.504 e. The lowest BCUT2D eigenvalue weighted by Gasteiger charge is -2.42. The fourth-order valence-electron chi connectivity index (χ4n) is 9.13. The number of rotatable bonds is 5. The zero-order valence-corrected chi connectivity index (χ0v) is 33.6. The smallest absolute Gasteiger partial charge is 0.303 e. The highest BCUT2D eigenvalue weighted by Gasteiger charge is 2.44. The first-order chi connectivity index (χ1) is 26.1. The van der Waals surface area contributed by atoms with E-state index in [0.717, 1.165) is 81.9 Å². The maximum atomic E-state index is 13.9. The number of benzene rings is 2. The van der Waals surface area contributed by atoms with Gasteiger partial charge in [0.25, 0.3) is 0 Å². The molecule has 7 rings (SSSR count). The number of carbonyl (C=O) groups excluding carboxylic acids is 2. The van der Waals surface area contributed by atoms with Gasteiger partial charge >= 0.3 is 5.97 Å². The van der Waals surface area contributed by atoms with E-state index in [-0.39, 0.29) is 41.6 Å². The second-order valence-corrected chi connectivity index (χ2v) is 18.8. The molecule has 4 atom stereocenters. The zero-order valence-electron chi connectivity index (χ0n) is 31.9. The summed E-state index contributed by atoms with van der Waals surface area (Å²) in [5.41, 5.74) is 7.99. The average molecular weight is 781 g/mol. The number of hydrogen-bond donors (Lipinski definition) is 4. The number of esters is 1. The number of guanidine groups is 1. The fourth-order valence-corrected chi connectivity index (χ4v) is 10.9. The average Bonchev–Trinajstić information content (AvgIpc) is 3.76. The Morgan fingerprint density at radius 3 is 2.61 bits per heavy atom. The molecule has 6 bridgehead atoms. The van der Waals surface area contributed by atoms with Crippen LogP contribution in [0.3, 0.4) is 0 Å². The number of phenolic OH excluding ortho intramolecular Hbond substituents is 1. The number of fused-ring (bicyclic) bond motifs is 14. The zero-order chi connectivity index (χ0) is 38.0. The molecule has 12 heteroatoms. The minimum absolute atomic E-state index is 0.0404. The first kappa shape index (κ1) is 40.6. The van der Waals surface area contributed by atoms with Gasteiger partial charge < -0.3 is 35.6 Å². The lowest BCUT2D eigenvalue weighted by Crippen LogP contribution is -2.45. The SMILES string of the molecule is CC(=O)O[C@@]12CCc3cc(c(O)c(OC4CCCC4)c3)CN3C[C@@](Cc4ccccc4)(CCNC(N)=NCSSCCCCC[C@H](CC1)[C@H](O)C2)CC3=O. The Hall–Kier alpha value is -3.09. The van der Waals surface area contributed by atoms with Crippen molar-refractivity contribution in [1.29, 1.82) is 0 Å². The van der Waals surface area contributed by atoms with Gasteiger partial charge in [0.2, 0.25) is 5.91 Å². The lowest BCUT2D eigenvalue weighted by atomic mass is 9.72. The highest BCUT2D eigenvalue weighted by atomic mass is 33.1. The molecule has 3 aliphatic heterocycles. The molecule has 2 saturated carbocycles. The number of aryl methyl sites for hydroxylation is 1. The molecule has 0 spiro atoms. The first-order valence-corrected chi connectivity index (χ1v) is 22.6. The number of aliphatic imine (C=N–C) groups is 1. The van der Waals surface area contributed by atoms with E-state index in [9.17, 15) is 19.8 Å². The van der Waals surface area contributed by atoms with Crippen molar-refractivity contribution in [2.75, 3.05) is 24.7 Å². The van der Waals surface area contributed by atoms with Crippen molar-refractivity contribution >= 4 is 39.4 Å². The number of hydrogen-bond acceptors (Lipinski definition) is 11. The standard InChI is InChI=1S/C42H60N4O6S2/c1-30(47)52-42-17-15-32-22-34(39(50)37(23-32)51-35-13-7-8-14-35)27-46-28-41(26-38(46)49,24-31-10-4-2-5-11-31)19-20-44-40(43)45-29-54-53-21-9-3-6-12-33(16-18-42)36(48)25-42/h2,4-5,10-11,22-23,33,35-36,48,50H,3,6-9,12-21,24-29H2,1H3,(H3,43,44,45)/t33-,36-,41-,42+/m1/s1. The van der Waals surface area contributed by atoms with Crippen LogP contribution in [0.25, 0.3) is 0 Å². The summed E-state index contributed by atoms with van der Waals surface area (Å²) in [5, 5.41) is 26.4. The second kappa shape index (κ2) is 19.2. The normalized spacial score (nSPS) is 28.3. The van der Waals surface area contributed by atoms with E-state index in [1.165, 1.54) is 12.5 Å². The van der Waals surface area contributed by atoms with Crippen molar-refractivity contribution in [1.82, 2.24) is 10.2 Å². The molecule has 3 heterocycles. The molecule has 3 fully saturated rings. The van der Waals surface area contributed by atoms with Crippen molar-refractivity contribution in [3.05, 3.63) is 59.2 Å². The van der Waals surface area contributed by atoms with Crippen LogP contribution < -0.4 is 15.8 Å². The number of amides is 1. The van der Waals surface area contributed by atoms with Gasteiger partial charge in [0.1, 0.15) is 5.60 Å². The van der Waals surface area contributed by atoms with Crippen LogP contribution in [0.1, 0.15) is 114 Å². The largest absolute Gasteiger partial charge is 0.504 e. The second-order valence-electron chi connectivity index (χ2n) is 16.2. The number of phenols is 1. The third-order valence-corrected chi connectivity index (χ3v) is 14.1. The van der Waals surface area contributed by atoms with Gasteiger partial charge in [-0.1, -0.05) is 70.8 Å². The third-order valence-electron chi connectivity index (χ3n) is 12.0. The number of aliphatic hydroxyl groups excluding tert-OH is 1. The maximum absolute atomic E-state index is 13.9. The topological polar surface area (TPSA) is 147 Å². The van der Waals surface area contributed by atoms with E-state index < -0.39 is 11.7 Å². The summed E-state index contributed by atoms with van der Waals surface area (Å²) in [6, 6.07) is 14.2. The maximum Gasteiger partial charge on any atom is 0.303 e. The van der Waals surface area contributed by atoms with Gasteiger partial charge in [-0.05, 0) is 100 Å². The van der Waals surface area contributed by atoms with Crippen molar-refractivity contribution in [3.8, 4) is 11.5 Å². The molecule has 10 nitrogen and oxygen atoms in total. The molecule has 0 unspecified atom stereocenters. The van der Waals surface area contributed by atoms with E-state index in [4.69, 9.17) is 15.2 Å². The molecule has 0 aromatic heterocycles. The summed E-state index contributed by atoms with van der Waals surface area (Å²) in [6.07, 6.45) is 12.8. The van der Waals surface area contributed by atoms with Gasteiger partial charge in [-0.15, -0.1) is 0 Å². The summed E-state index contributed by atoms with van der Waals surface area (Å²) < 4.78 is 12.5. The summed E-state index contributed by atoms with van der Waals surface area (Å²) in [4.78, 5) is 32.8. The summed E-state index contributed by atoms with van der Waals surface area (Å²) in [7, 11) is 3.51. The number of carbonyl (C=O) groups is 2. The number of nitrogens with one attached hydrogen (secondary N) is 1. The van der Waals surface area contributed by atoms with E-state index in [2.05, 4.69) is 22.4 Å². The van der Waals surface area contributed by atoms with Crippen molar-refractivity contribution in [2.24, 2.45) is 22.1 Å². The molecule has 5 aliphatic rings. The van der Waals surface area contributed by atoms with Gasteiger partial charge in [0, 0.05) is 56.1 Å². The minimum atomic E-state index is -0.757. The van der Waals surface area contributed by atoms with Crippen molar-refractivity contribution < 1.29 is 29.3 Å². The van der Waals surface area contributed by atoms with Crippen LogP contribution in [0.4, 0.5) is 0 Å². The first-order valence-electron chi connectivity index (χ1n) is 20.1. The highest BCUT2D eigenvalue weighted by molar-refractivity contribution is 8.76. The van der Waals surface area contributed by atoms with Crippen LogP contribution in [0.5, 0.6) is 11.5 Å². The molecule has 2 aromatic rings. The summed E-state index contributed by atoms with van der Waals surface area (Å²) >= 11 is 0. The molecule has 2 aliphatic carbocycles. The Kier molecular flexibility index (Phi) is 14.4. The summed E-state index contributed by atoms with van der Waals surface area (Å²) in [5.74, 6) is 2.47. The van der Waals surface area contributed by atoms with Gasteiger partial charge in [0.05, 0.1) is 18.1 Å². The van der Waals surface area contributed by atoms with Crippen LogP contribution in [0.15, 0.2) is 47.5 Å². The van der Waals surface area contributed by atoms with Crippen LogP contribution in [-0.2, 0) is 33.7 Å². The number of aliphatic hydroxyl groups is 1. The number of nitrogens with zero attached hydrogens (tertiary/aromatic N) is 2. The predicted molar refractivity (Wildman–Crippen MR) is 217 cm³/mol. The van der Waals surface area contributed by atoms with Gasteiger partial charge in [-0.3, -0.25) is 9.59 Å². The summed E-state index contributed by atoms with van der Waals surface area (Å²) in [6.45, 7) is 2.86. The van der Waals surface area contributed by atoms with Gasteiger partial charge in [0.15, 0.2) is 17.5 Å². The number of ether oxygens (including phenoxy) is 2. The van der Waals surface area contributed by atoms with Crippen molar-refractivity contribution in [2.45, 2.75) is 134 Å². The van der Waals surface area contributed by atoms with Crippen molar-refractivity contribution in [3.63, 3.8) is 0 Å². The quantitative estimate of drug-likeness (QED) is 0.180. The molecule has 296 valence electrons. The third kappa shape index (κ3) is 11.2. The molecular formula is C42H60N4O6S2. The predicted octanol–water partition coefficient (Wildman–Crippen LogP) is 7.28. The molecule has 1 amide bonds. The van der Waals surface area contributed by atoms with Crippen LogP contribution in [-0.4, -0.2) is 75.5 Å². The van der Waals surface area contributed by atoms with E-state index in [1.54, 1.807) is 10.8 Å². The number of aromatic hydroxyl groups is 1. The lowest BCUT2D eigenvalue weighted by molar-refractivity contribution is -0.168. The molecular weight excluding hydrogens is 721 g/mol. The molecule has 1 saturated heterocycles. The molecule has 54 heavy (non-hydrogen) atoms. The van der Waals surface area contributed by atoms with Gasteiger partial charge in [-0.25, -0.2) is 4.99 Å². The van der Waals surface area contributed by atoms with Crippen LogP contribution in [0.2, 0.25) is 0 Å². The molecule has 0 radical (unpaired) electrons. The Morgan fingerprint density at radius 2 is 1.83 bits per heavy atom. The van der Waals surface area contributed by atoms with E-state index in [1.807, 2.05) is 46.0 Å². The van der Waals surface area contributed by atoms with Gasteiger partial charge in [-0.2, -0.15) is 0 Å².